The Morgan fingerprint density at radius 1 is 0.933 bits per heavy atom. The third-order valence-electron chi connectivity index (χ3n) is 5.37. The van der Waals surface area contributed by atoms with Gasteiger partial charge in [0.05, 0.1) is 38.8 Å². The zero-order chi connectivity index (χ0) is 21.3. The first kappa shape index (κ1) is 20.3. The summed E-state index contributed by atoms with van der Waals surface area (Å²) in [6, 6.07) is 13.6. The van der Waals surface area contributed by atoms with Gasteiger partial charge in [0.25, 0.3) is 0 Å². The van der Waals surface area contributed by atoms with Crippen molar-refractivity contribution in [1.82, 2.24) is 9.13 Å². The molecule has 30 heavy (non-hydrogen) atoms. The van der Waals surface area contributed by atoms with Crippen LogP contribution < -0.4 is 14.4 Å². The Morgan fingerprint density at radius 3 is 2.23 bits per heavy atom. The van der Waals surface area contributed by atoms with E-state index in [4.69, 9.17) is 26.4 Å². The highest BCUT2D eigenvalue weighted by molar-refractivity contribution is 7.71. The fourth-order valence-corrected chi connectivity index (χ4v) is 4.15. The van der Waals surface area contributed by atoms with Crippen molar-refractivity contribution in [3.8, 4) is 28.8 Å². The number of methoxy groups -OCH3 is 2. The molecule has 0 radical (unpaired) electrons. The summed E-state index contributed by atoms with van der Waals surface area (Å²) in [6.45, 7) is 5.09. The molecule has 4 rings (SSSR count). The van der Waals surface area contributed by atoms with Gasteiger partial charge in [0, 0.05) is 30.5 Å². The molecule has 2 heterocycles. The molecule has 1 aromatic heterocycles. The Bertz CT molecular complexity index is 1100. The lowest BCUT2D eigenvalue weighted by molar-refractivity contribution is 0.122. The van der Waals surface area contributed by atoms with Crippen molar-refractivity contribution < 1.29 is 19.3 Å². The Morgan fingerprint density at radius 2 is 1.60 bits per heavy atom. The van der Waals surface area contributed by atoms with Crippen LogP contribution in [-0.4, -0.2) is 54.8 Å². The Hall–Kier alpha value is -2.97. The van der Waals surface area contributed by atoms with E-state index in [2.05, 4.69) is 17.0 Å². The molecular weight excluding hydrogens is 402 g/mol. The average molecular weight is 428 g/mol. The molecule has 0 atom stereocenters. The largest absolute Gasteiger partial charge is 0.497 e. The predicted octanol–water partition coefficient (Wildman–Crippen LogP) is 3.87. The van der Waals surface area contributed by atoms with Crippen molar-refractivity contribution in [1.29, 1.82) is 0 Å². The van der Waals surface area contributed by atoms with Gasteiger partial charge in [0.15, 0.2) is 4.77 Å². The third-order valence-corrected chi connectivity index (χ3v) is 5.73. The van der Waals surface area contributed by atoms with E-state index in [9.17, 15) is 5.11 Å². The maximum atomic E-state index is 10.9. The molecule has 158 valence electrons. The Labute approximate surface area is 180 Å². The van der Waals surface area contributed by atoms with Crippen LogP contribution in [0.15, 0.2) is 42.5 Å². The summed E-state index contributed by atoms with van der Waals surface area (Å²) in [5, 5.41) is 10.9. The van der Waals surface area contributed by atoms with E-state index in [1.807, 2.05) is 35.8 Å². The Balaban J connectivity index is 1.76. The van der Waals surface area contributed by atoms with Crippen molar-refractivity contribution in [2.75, 3.05) is 45.4 Å². The normalized spacial score (nSPS) is 14.0. The summed E-state index contributed by atoms with van der Waals surface area (Å²) < 4.78 is 20.1. The minimum Gasteiger partial charge on any atom is -0.497 e. The minimum absolute atomic E-state index is 0.0701. The van der Waals surface area contributed by atoms with E-state index in [-0.39, 0.29) is 5.88 Å². The van der Waals surface area contributed by atoms with Crippen LogP contribution >= 0.6 is 12.2 Å². The van der Waals surface area contributed by atoms with Gasteiger partial charge in [0.1, 0.15) is 11.5 Å². The van der Waals surface area contributed by atoms with Crippen LogP contribution in [0.25, 0.3) is 11.4 Å². The number of benzene rings is 2. The van der Waals surface area contributed by atoms with Gasteiger partial charge >= 0.3 is 0 Å². The van der Waals surface area contributed by atoms with Crippen LogP contribution in [-0.2, 0) is 4.74 Å². The summed E-state index contributed by atoms with van der Waals surface area (Å²) in [7, 11) is 3.17. The smallest absolute Gasteiger partial charge is 0.218 e. The number of anilines is 1. The number of morpholine rings is 1. The fourth-order valence-electron chi connectivity index (χ4n) is 3.72. The predicted molar refractivity (Wildman–Crippen MR) is 118 cm³/mol. The molecule has 1 aliphatic rings. The van der Waals surface area contributed by atoms with Gasteiger partial charge in [-0.25, -0.2) is 0 Å². The van der Waals surface area contributed by atoms with Crippen LogP contribution in [0.1, 0.15) is 5.69 Å². The lowest BCUT2D eigenvalue weighted by Crippen LogP contribution is -2.36. The van der Waals surface area contributed by atoms with Crippen LogP contribution in [0.4, 0.5) is 5.69 Å². The first-order valence-corrected chi connectivity index (χ1v) is 10.1. The van der Waals surface area contributed by atoms with Crippen molar-refractivity contribution >= 4 is 17.9 Å². The molecule has 1 fully saturated rings. The zero-order valence-corrected chi connectivity index (χ0v) is 18.1. The lowest BCUT2D eigenvalue weighted by Gasteiger charge is -2.29. The number of imidazole rings is 1. The van der Waals surface area contributed by atoms with Gasteiger partial charge in [-0.05, 0) is 55.5 Å². The number of hydrogen-bond donors (Lipinski definition) is 1. The van der Waals surface area contributed by atoms with E-state index in [0.717, 1.165) is 37.7 Å². The molecule has 0 amide bonds. The molecule has 8 heteroatoms. The van der Waals surface area contributed by atoms with Crippen LogP contribution in [0, 0.1) is 11.7 Å². The molecule has 1 aliphatic heterocycles. The van der Waals surface area contributed by atoms with Gasteiger partial charge in [-0.2, -0.15) is 0 Å². The summed E-state index contributed by atoms with van der Waals surface area (Å²) >= 11 is 5.74. The van der Waals surface area contributed by atoms with Crippen molar-refractivity contribution in [2.45, 2.75) is 6.92 Å². The topological polar surface area (TPSA) is 61.0 Å². The van der Waals surface area contributed by atoms with E-state index >= 15 is 0 Å². The highest BCUT2D eigenvalue weighted by Crippen LogP contribution is 2.34. The Kier molecular flexibility index (Phi) is 5.69. The number of hydrogen-bond acceptors (Lipinski definition) is 6. The van der Waals surface area contributed by atoms with Crippen LogP contribution in [0.2, 0.25) is 0 Å². The molecule has 1 N–H and O–H groups in total. The zero-order valence-electron chi connectivity index (χ0n) is 17.3. The second-order valence-electron chi connectivity index (χ2n) is 7.02. The third kappa shape index (κ3) is 3.53. The van der Waals surface area contributed by atoms with E-state index in [0.29, 0.717) is 27.7 Å². The SMILES string of the molecule is COc1ccc(-n2c(O)c(C)n(-c3ccc(N4CCOCC4)cc3)c2=S)c(OC)c1. The molecule has 0 unspecified atom stereocenters. The number of nitrogens with zero attached hydrogens (tertiary/aromatic N) is 3. The minimum atomic E-state index is 0.0701. The quantitative estimate of drug-likeness (QED) is 0.624. The highest BCUT2D eigenvalue weighted by atomic mass is 32.1. The summed E-state index contributed by atoms with van der Waals surface area (Å²) in [6.07, 6.45) is 0. The first-order chi connectivity index (χ1) is 14.5. The monoisotopic (exact) mass is 427 g/mol. The van der Waals surface area contributed by atoms with Crippen molar-refractivity contribution in [2.24, 2.45) is 0 Å². The van der Waals surface area contributed by atoms with Gasteiger partial charge in [-0.1, -0.05) is 0 Å². The van der Waals surface area contributed by atoms with Crippen molar-refractivity contribution in [3.63, 3.8) is 0 Å². The van der Waals surface area contributed by atoms with E-state index in [1.54, 1.807) is 24.9 Å². The van der Waals surface area contributed by atoms with Gasteiger partial charge < -0.3 is 24.2 Å². The lowest BCUT2D eigenvalue weighted by atomic mass is 10.2. The average Bonchev–Trinajstić information content (AvgIpc) is 3.02. The molecule has 1 saturated heterocycles. The number of rotatable bonds is 5. The van der Waals surface area contributed by atoms with E-state index < -0.39 is 0 Å². The maximum absolute atomic E-state index is 10.9. The number of ether oxygens (including phenoxy) is 3. The number of aromatic nitrogens is 2. The van der Waals surface area contributed by atoms with Gasteiger partial charge in [-0.15, -0.1) is 0 Å². The second kappa shape index (κ2) is 8.41. The van der Waals surface area contributed by atoms with Gasteiger partial charge in [-0.3, -0.25) is 9.13 Å². The summed E-state index contributed by atoms with van der Waals surface area (Å²) in [5.74, 6) is 1.29. The number of aromatic hydroxyl groups is 1. The molecular formula is C22H25N3O4S. The molecule has 3 aromatic rings. The summed E-state index contributed by atoms with van der Waals surface area (Å²) in [5.41, 5.74) is 3.33. The fraction of sp³-hybridized carbons (Fsp3) is 0.318. The second-order valence-corrected chi connectivity index (χ2v) is 7.38. The van der Waals surface area contributed by atoms with Gasteiger partial charge in [0.2, 0.25) is 5.88 Å². The summed E-state index contributed by atoms with van der Waals surface area (Å²) in [4.78, 5) is 2.30. The van der Waals surface area contributed by atoms with Crippen molar-refractivity contribution in [3.05, 3.63) is 52.9 Å². The molecule has 0 bridgehead atoms. The van der Waals surface area contributed by atoms with E-state index in [1.165, 1.54) is 0 Å². The van der Waals surface area contributed by atoms with Crippen LogP contribution in [0.3, 0.4) is 0 Å². The first-order valence-electron chi connectivity index (χ1n) is 9.74. The standard InChI is InChI=1S/C22H25N3O4S/c1-15-21(26)25(19-9-8-18(27-2)14-20(19)28-3)22(30)24(15)17-6-4-16(5-7-17)23-10-12-29-13-11-23/h4-9,14,26H,10-13H2,1-3H3. The molecule has 7 nitrogen and oxygen atoms in total. The molecule has 0 aliphatic carbocycles. The highest BCUT2D eigenvalue weighted by Gasteiger charge is 2.20. The molecule has 2 aromatic carbocycles. The molecule has 0 spiro atoms. The maximum Gasteiger partial charge on any atom is 0.218 e. The molecule has 0 saturated carbocycles. The van der Waals surface area contributed by atoms with Crippen LogP contribution in [0.5, 0.6) is 17.4 Å².